The molecule has 2 aromatic carbocycles. The number of halogens is 1. The number of aliphatic hydroxyl groups is 1. The van der Waals surface area contributed by atoms with Crippen LogP contribution in [0.15, 0.2) is 59.5 Å². The van der Waals surface area contributed by atoms with Crippen LogP contribution in [0, 0.1) is 17.7 Å². The van der Waals surface area contributed by atoms with Crippen LogP contribution >= 0.6 is 0 Å². The third-order valence-electron chi connectivity index (χ3n) is 6.69. The Balaban J connectivity index is 1.29. The molecule has 0 spiro atoms. The Morgan fingerprint density at radius 1 is 0.906 bits per heavy atom. The fraction of sp³-hybridized carbons (Fsp3) is 0.458. The molecular formula is C24H29FN2O4S. The van der Waals surface area contributed by atoms with Crippen LogP contribution in [0.3, 0.4) is 0 Å². The Kier molecular flexibility index (Phi) is 6.93. The van der Waals surface area contributed by atoms with Gasteiger partial charge in [0.15, 0.2) is 0 Å². The second kappa shape index (κ2) is 9.68. The van der Waals surface area contributed by atoms with Crippen molar-refractivity contribution in [3.05, 3.63) is 66.0 Å². The molecule has 0 aromatic heterocycles. The normalized spacial score (nSPS) is 20.2. The molecule has 32 heavy (non-hydrogen) atoms. The number of hydrogen-bond acceptors (Lipinski definition) is 4. The zero-order valence-corrected chi connectivity index (χ0v) is 18.8. The van der Waals surface area contributed by atoms with Gasteiger partial charge in [-0.3, -0.25) is 4.79 Å². The maximum atomic E-state index is 13.1. The average molecular weight is 461 g/mol. The SMILES string of the molecule is O=C(C1CCN(S(=O)(=O)c2ccc(F)cc2)CC1)N1CCC(C(O)c2ccccc2)CC1. The van der Waals surface area contributed by atoms with E-state index in [1.807, 2.05) is 35.2 Å². The number of rotatable bonds is 5. The number of amides is 1. The molecule has 1 amide bonds. The van der Waals surface area contributed by atoms with Crippen molar-refractivity contribution in [2.24, 2.45) is 11.8 Å². The Hall–Kier alpha value is -2.29. The number of carbonyl (C=O) groups excluding carboxylic acids is 1. The minimum absolute atomic E-state index is 0.0720. The standard InChI is InChI=1S/C24H29FN2O4S/c25-21-6-8-22(9-7-21)32(30,31)27-16-12-20(13-17-27)24(29)26-14-10-19(11-15-26)23(28)18-4-2-1-3-5-18/h1-9,19-20,23,28H,10-17H2. The summed E-state index contributed by atoms with van der Waals surface area (Å²) in [6, 6.07) is 14.4. The first-order valence-corrected chi connectivity index (χ1v) is 12.6. The molecule has 2 aliphatic rings. The molecule has 8 heteroatoms. The predicted octanol–water partition coefficient (Wildman–Crippen LogP) is 3.20. The molecule has 6 nitrogen and oxygen atoms in total. The van der Waals surface area contributed by atoms with Crippen molar-refractivity contribution in [1.82, 2.24) is 9.21 Å². The number of nitrogens with zero attached hydrogens (tertiary/aromatic N) is 2. The summed E-state index contributed by atoms with van der Waals surface area (Å²) in [5.41, 5.74) is 0.909. The lowest BCUT2D eigenvalue weighted by Gasteiger charge is -2.38. The highest BCUT2D eigenvalue weighted by Crippen LogP contribution is 2.32. The number of benzene rings is 2. The fourth-order valence-corrected chi connectivity index (χ4v) is 6.18. The first-order chi connectivity index (χ1) is 15.4. The van der Waals surface area contributed by atoms with Gasteiger partial charge >= 0.3 is 0 Å². The molecule has 172 valence electrons. The van der Waals surface area contributed by atoms with Gasteiger partial charge in [-0.1, -0.05) is 30.3 Å². The smallest absolute Gasteiger partial charge is 0.243 e. The van der Waals surface area contributed by atoms with E-state index < -0.39 is 21.9 Å². The fourth-order valence-electron chi connectivity index (χ4n) is 4.71. The summed E-state index contributed by atoms with van der Waals surface area (Å²) < 4.78 is 40.1. The van der Waals surface area contributed by atoms with E-state index in [1.54, 1.807) is 0 Å². The van der Waals surface area contributed by atoms with E-state index >= 15 is 0 Å². The van der Waals surface area contributed by atoms with Gasteiger partial charge in [-0.25, -0.2) is 12.8 Å². The van der Waals surface area contributed by atoms with Gasteiger partial charge in [0.05, 0.1) is 11.0 Å². The van der Waals surface area contributed by atoms with Crippen LogP contribution < -0.4 is 0 Å². The van der Waals surface area contributed by atoms with Crippen LogP contribution in [-0.4, -0.2) is 54.8 Å². The maximum Gasteiger partial charge on any atom is 0.243 e. The third kappa shape index (κ3) is 4.87. The number of sulfonamides is 1. The lowest BCUT2D eigenvalue weighted by Crippen LogP contribution is -2.47. The summed E-state index contributed by atoms with van der Waals surface area (Å²) >= 11 is 0. The molecule has 1 N–H and O–H groups in total. The van der Waals surface area contributed by atoms with Crippen molar-refractivity contribution < 1.29 is 22.7 Å². The molecule has 2 aliphatic heterocycles. The van der Waals surface area contributed by atoms with Gasteiger partial charge in [0.1, 0.15) is 5.82 Å². The van der Waals surface area contributed by atoms with Gasteiger partial charge in [-0.2, -0.15) is 4.31 Å². The summed E-state index contributed by atoms with van der Waals surface area (Å²) in [5, 5.41) is 10.6. The molecule has 0 saturated carbocycles. The largest absolute Gasteiger partial charge is 0.388 e. The summed E-state index contributed by atoms with van der Waals surface area (Å²) in [5.74, 6) is -0.459. The van der Waals surface area contributed by atoms with Gasteiger partial charge < -0.3 is 10.0 Å². The molecule has 0 bridgehead atoms. The van der Waals surface area contributed by atoms with E-state index in [2.05, 4.69) is 0 Å². The Labute approximate surface area is 188 Å². The lowest BCUT2D eigenvalue weighted by molar-refractivity contribution is -0.138. The molecule has 0 aliphatic carbocycles. The molecule has 1 atom stereocenters. The van der Waals surface area contributed by atoms with Crippen molar-refractivity contribution in [1.29, 1.82) is 0 Å². The summed E-state index contributed by atoms with van der Waals surface area (Å²) in [7, 11) is -3.68. The second-order valence-electron chi connectivity index (χ2n) is 8.65. The molecule has 4 rings (SSSR count). The molecule has 2 fully saturated rings. The molecule has 2 aromatic rings. The number of likely N-dealkylation sites (tertiary alicyclic amines) is 1. The quantitative estimate of drug-likeness (QED) is 0.743. The molecule has 2 heterocycles. The van der Waals surface area contributed by atoms with Gasteiger partial charge in [0, 0.05) is 32.1 Å². The molecular weight excluding hydrogens is 431 g/mol. The van der Waals surface area contributed by atoms with E-state index in [4.69, 9.17) is 0 Å². The van der Waals surface area contributed by atoms with Crippen LogP contribution in [-0.2, 0) is 14.8 Å². The number of aliphatic hydroxyl groups excluding tert-OH is 1. The van der Waals surface area contributed by atoms with E-state index in [0.717, 1.165) is 30.5 Å². The van der Waals surface area contributed by atoms with Crippen LogP contribution in [0.5, 0.6) is 0 Å². The van der Waals surface area contributed by atoms with Crippen LogP contribution in [0.4, 0.5) is 4.39 Å². The van der Waals surface area contributed by atoms with Gasteiger partial charge in [-0.05, 0) is 61.4 Å². The monoisotopic (exact) mass is 460 g/mol. The van der Waals surface area contributed by atoms with E-state index in [9.17, 15) is 22.7 Å². The zero-order valence-electron chi connectivity index (χ0n) is 17.9. The minimum Gasteiger partial charge on any atom is -0.388 e. The Morgan fingerprint density at radius 3 is 2.09 bits per heavy atom. The summed E-state index contributed by atoms with van der Waals surface area (Å²) in [6.45, 7) is 1.78. The predicted molar refractivity (Wildman–Crippen MR) is 119 cm³/mol. The average Bonchev–Trinajstić information content (AvgIpc) is 2.84. The van der Waals surface area contributed by atoms with Crippen LogP contribution in [0.2, 0.25) is 0 Å². The van der Waals surface area contributed by atoms with Gasteiger partial charge in [0.25, 0.3) is 0 Å². The molecule has 1 unspecified atom stereocenters. The summed E-state index contributed by atoms with van der Waals surface area (Å²) in [6.07, 6.45) is 1.94. The Morgan fingerprint density at radius 2 is 1.50 bits per heavy atom. The first-order valence-electron chi connectivity index (χ1n) is 11.1. The van der Waals surface area contributed by atoms with Crippen molar-refractivity contribution in [2.75, 3.05) is 26.2 Å². The van der Waals surface area contributed by atoms with E-state index in [1.165, 1.54) is 16.4 Å². The number of hydrogen-bond donors (Lipinski definition) is 1. The second-order valence-corrected chi connectivity index (χ2v) is 10.6. The number of piperidine rings is 2. The molecule has 2 saturated heterocycles. The van der Waals surface area contributed by atoms with Gasteiger partial charge in [0.2, 0.25) is 15.9 Å². The molecule has 0 radical (unpaired) electrons. The highest BCUT2D eigenvalue weighted by molar-refractivity contribution is 7.89. The van der Waals surface area contributed by atoms with Gasteiger partial charge in [-0.15, -0.1) is 0 Å². The third-order valence-corrected chi connectivity index (χ3v) is 8.61. The summed E-state index contributed by atoms with van der Waals surface area (Å²) in [4.78, 5) is 15.0. The number of carbonyl (C=O) groups is 1. The topological polar surface area (TPSA) is 77.9 Å². The van der Waals surface area contributed by atoms with Crippen LogP contribution in [0.1, 0.15) is 37.4 Å². The van der Waals surface area contributed by atoms with E-state index in [0.29, 0.717) is 25.9 Å². The Bertz CT molecular complexity index is 1010. The van der Waals surface area contributed by atoms with Crippen molar-refractivity contribution >= 4 is 15.9 Å². The van der Waals surface area contributed by atoms with Crippen molar-refractivity contribution in [2.45, 2.75) is 36.7 Å². The maximum absolute atomic E-state index is 13.1. The van der Waals surface area contributed by atoms with Crippen molar-refractivity contribution in [3.63, 3.8) is 0 Å². The lowest BCUT2D eigenvalue weighted by atomic mass is 9.86. The first kappa shape index (κ1) is 22.9. The highest BCUT2D eigenvalue weighted by atomic mass is 32.2. The van der Waals surface area contributed by atoms with Crippen LogP contribution in [0.25, 0.3) is 0 Å². The van der Waals surface area contributed by atoms with Crippen molar-refractivity contribution in [3.8, 4) is 0 Å². The zero-order chi connectivity index (χ0) is 22.7. The highest BCUT2D eigenvalue weighted by Gasteiger charge is 2.35. The van der Waals surface area contributed by atoms with E-state index in [-0.39, 0.29) is 35.7 Å². The minimum atomic E-state index is -3.68.